The molecule has 0 aliphatic carbocycles. The fraction of sp³-hybridized carbons (Fsp3) is 0.172. The van der Waals surface area contributed by atoms with Gasteiger partial charge in [-0.1, -0.05) is 91.0 Å². The zero-order valence-corrected chi connectivity index (χ0v) is 18.8. The van der Waals surface area contributed by atoms with Crippen LogP contribution in [0.15, 0.2) is 109 Å². The van der Waals surface area contributed by atoms with Gasteiger partial charge in [-0.2, -0.15) is 5.10 Å². The molecule has 0 spiro atoms. The van der Waals surface area contributed by atoms with Crippen LogP contribution in [0.4, 0.5) is 0 Å². The molecule has 0 unspecified atom stereocenters. The minimum Gasteiger partial charge on any atom is -0.294 e. The molecule has 1 aliphatic heterocycles. The van der Waals surface area contributed by atoms with Gasteiger partial charge in [0.15, 0.2) is 5.78 Å². The molecule has 0 radical (unpaired) electrons. The Morgan fingerprint density at radius 3 is 1.76 bits per heavy atom. The highest BCUT2D eigenvalue weighted by atomic mass is 16.1. The number of rotatable bonds is 5. The summed E-state index contributed by atoms with van der Waals surface area (Å²) in [5.74, 6) is 0.204. The summed E-state index contributed by atoms with van der Waals surface area (Å²) in [7, 11) is 1.90. The van der Waals surface area contributed by atoms with Crippen molar-refractivity contribution in [1.29, 1.82) is 0 Å². The monoisotopic (exact) mass is 433 g/mol. The second kappa shape index (κ2) is 9.00. The van der Waals surface area contributed by atoms with Gasteiger partial charge in [-0.15, -0.1) is 0 Å². The summed E-state index contributed by atoms with van der Waals surface area (Å²) in [6, 6.07) is 33.8. The third-order valence-electron chi connectivity index (χ3n) is 6.56. The molecule has 0 bridgehead atoms. The molecule has 1 fully saturated rings. The number of hydrogen-bond donors (Lipinski definition) is 0. The zero-order chi connectivity index (χ0) is 22.7. The van der Waals surface area contributed by atoms with Crippen molar-refractivity contribution in [3.63, 3.8) is 0 Å². The van der Waals surface area contributed by atoms with Crippen LogP contribution in [0.1, 0.15) is 28.8 Å². The van der Waals surface area contributed by atoms with Crippen molar-refractivity contribution >= 4 is 11.9 Å². The van der Waals surface area contributed by atoms with Crippen LogP contribution in [0.3, 0.4) is 0 Å². The van der Waals surface area contributed by atoms with E-state index in [9.17, 15) is 4.79 Å². The minimum absolute atomic E-state index is 0.204. The standard InChI is InChI=1S/C29H27N3O/c1-31-27(17-19-30-31)21-23-22-32(20-18-28(23)33)29(24-11-5-2-6-12-24,25-13-7-3-8-14-25)26-15-9-4-10-16-26/h2-17,19,21H,18,20,22H2,1H3/b23-21-. The molecule has 4 aromatic rings. The van der Waals surface area contributed by atoms with E-state index < -0.39 is 5.54 Å². The second-order valence-electron chi connectivity index (χ2n) is 8.45. The smallest absolute Gasteiger partial charge is 0.161 e. The molecule has 3 aromatic carbocycles. The second-order valence-corrected chi connectivity index (χ2v) is 8.45. The molecule has 4 nitrogen and oxygen atoms in total. The molecule has 1 saturated heterocycles. The SMILES string of the molecule is Cn1nccc1/C=C1/CN(C(c2ccccc2)(c2ccccc2)c2ccccc2)CCC1=O. The van der Waals surface area contributed by atoms with E-state index in [0.29, 0.717) is 19.5 Å². The normalized spacial score (nSPS) is 16.3. The van der Waals surface area contributed by atoms with Gasteiger partial charge in [-0.25, -0.2) is 0 Å². The molecule has 1 aliphatic rings. The van der Waals surface area contributed by atoms with Crippen LogP contribution < -0.4 is 0 Å². The molecule has 164 valence electrons. The highest BCUT2D eigenvalue weighted by molar-refractivity contribution is 6.00. The molecule has 33 heavy (non-hydrogen) atoms. The Kier molecular flexibility index (Phi) is 5.76. The summed E-state index contributed by atoms with van der Waals surface area (Å²) in [5, 5.41) is 4.26. The summed E-state index contributed by atoms with van der Waals surface area (Å²) in [4.78, 5) is 15.4. The Balaban J connectivity index is 1.72. The molecule has 2 heterocycles. The first kappa shape index (κ1) is 21.1. The highest BCUT2D eigenvalue weighted by Crippen LogP contribution is 2.43. The number of ketones is 1. The third kappa shape index (κ3) is 3.83. The molecule has 1 aromatic heterocycles. The molecular weight excluding hydrogens is 406 g/mol. The maximum Gasteiger partial charge on any atom is 0.161 e. The highest BCUT2D eigenvalue weighted by Gasteiger charge is 2.44. The van der Waals surface area contributed by atoms with Crippen molar-refractivity contribution in [2.45, 2.75) is 12.0 Å². The quantitative estimate of drug-likeness (QED) is 0.326. The van der Waals surface area contributed by atoms with E-state index in [2.05, 4.69) is 101 Å². The van der Waals surface area contributed by atoms with E-state index in [-0.39, 0.29) is 5.78 Å². The van der Waals surface area contributed by atoms with E-state index >= 15 is 0 Å². The van der Waals surface area contributed by atoms with Crippen LogP contribution >= 0.6 is 0 Å². The topological polar surface area (TPSA) is 38.1 Å². The number of aryl methyl sites for hydroxylation is 1. The summed E-state index contributed by atoms with van der Waals surface area (Å²) in [6.07, 6.45) is 4.24. The van der Waals surface area contributed by atoms with Gasteiger partial charge in [0.1, 0.15) is 0 Å². The largest absolute Gasteiger partial charge is 0.294 e. The van der Waals surface area contributed by atoms with E-state index in [1.807, 2.05) is 19.2 Å². The van der Waals surface area contributed by atoms with Crippen molar-refractivity contribution in [3.05, 3.63) is 131 Å². The average molecular weight is 434 g/mol. The summed E-state index contributed by atoms with van der Waals surface area (Å²) < 4.78 is 1.80. The van der Waals surface area contributed by atoms with Crippen LogP contribution in [0.5, 0.6) is 0 Å². The first-order chi connectivity index (χ1) is 16.2. The molecule has 0 saturated carbocycles. The van der Waals surface area contributed by atoms with Crippen LogP contribution in [0.25, 0.3) is 6.08 Å². The first-order valence-electron chi connectivity index (χ1n) is 11.3. The Bertz CT molecular complexity index is 1160. The lowest BCUT2D eigenvalue weighted by Gasteiger charge is -2.47. The lowest BCUT2D eigenvalue weighted by Crippen LogP contribution is -2.52. The predicted molar refractivity (Wildman–Crippen MR) is 132 cm³/mol. The van der Waals surface area contributed by atoms with Gasteiger partial charge < -0.3 is 0 Å². The number of carbonyl (C=O) groups excluding carboxylic acids is 1. The fourth-order valence-electron chi connectivity index (χ4n) is 4.97. The number of aromatic nitrogens is 2. The Hall–Kier alpha value is -3.76. The number of nitrogens with zero attached hydrogens (tertiary/aromatic N) is 3. The predicted octanol–water partition coefficient (Wildman–Crippen LogP) is 5.07. The number of Topliss-reactive ketones (excluding diaryl/α,β-unsaturated/α-hetero) is 1. The summed E-state index contributed by atoms with van der Waals surface area (Å²) in [5.41, 5.74) is 4.81. The molecule has 4 heteroatoms. The molecule has 0 atom stereocenters. The van der Waals surface area contributed by atoms with Gasteiger partial charge >= 0.3 is 0 Å². The molecule has 0 N–H and O–H groups in total. The number of benzene rings is 3. The Labute approximate surface area is 194 Å². The molecule has 5 rings (SSSR count). The van der Waals surface area contributed by atoms with E-state index in [0.717, 1.165) is 11.3 Å². The van der Waals surface area contributed by atoms with E-state index in [1.54, 1.807) is 10.9 Å². The lowest BCUT2D eigenvalue weighted by atomic mass is 9.74. The van der Waals surface area contributed by atoms with E-state index in [4.69, 9.17) is 0 Å². The Morgan fingerprint density at radius 1 is 0.788 bits per heavy atom. The summed E-state index contributed by atoms with van der Waals surface area (Å²) in [6.45, 7) is 1.24. The Morgan fingerprint density at radius 2 is 1.30 bits per heavy atom. The third-order valence-corrected chi connectivity index (χ3v) is 6.56. The van der Waals surface area contributed by atoms with Gasteiger partial charge in [0.25, 0.3) is 0 Å². The van der Waals surface area contributed by atoms with Crippen molar-refractivity contribution < 1.29 is 4.79 Å². The number of piperidine rings is 1. The van der Waals surface area contributed by atoms with Crippen molar-refractivity contribution in [3.8, 4) is 0 Å². The average Bonchev–Trinajstić information content (AvgIpc) is 3.28. The van der Waals surface area contributed by atoms with Crippen LogP contribution in [-0.4, -0.2) is 33.6 Å². The molecular formula is C29H27N3O. The van der Waals surface area contributed by atoms with Crippen LogP contribution in [0.2, 0.25) is 0 Å². The van der Waals surface area contributed by atoms with Crippen LogP contribution in [0, 0.1) is 0 Å². The maximum atomic E-state index is 13.0. The fourth-order valence-corrected chi connectivity index (χ4v) is 4.97. The van der Waals surface area contributed by atoms with Gasteiger partial charge in [0, 0.05) is 38.3 Å². The number of hydrogen-bond acceptors (Lipinski definition) is 3. The zero-order valence-electron chi connectivity index (χ0n) is 18.8. The van der Waals surface area contributed by atoms with E-state index in [1.165, 1.54) is 16.7 Å². The minimum atomic E-state index is -0.518. The summed E-state index contributed by atoms with van der Waals surface area (Å²) >= 11 is 0. The van der Waals surface area contributed by atoms with Gasteiger partial charge in [-0.3, -0.25) is 14.4 Å². The van der Waals surface area contributed by atoms with Crippen LogP contribution in [-0.2, 0) is 17.4 Å². The van der Waals surface area contributed by atoms with Gasteiger partial charge in [0.05, 0.1) is 11.2 Å². The van der Waals surface area contributed by atoms with Gasteiger partial charge in [0.2, 0.25) is 0 Å². The molecule has 0 amide bonds. The van der Waals surface area contributed by atoms with Crippen molar-refractivity contribution in [1.82, 2.24) is 14.7 Å². The van der Waals surface area contributed by atoms with Crippen molar-refractivity contribution in [2.24, 2.45) is 7.05 Å². The number of likely N-dealkylation sites (tertiary alicyclic amines) is 1. The lowest BCUT2D eigenvalue weighted by molar-refractivity contribution is -0.117. The maximum absolute atomic E-state index is 13.0. The van der Waals surface area contributed by atoms with Gasteiger partial charge in [-0.05, 0) is 28.8 Å². The first-order valence-corrected chi connectivity index (χ1v) is 11.3. The van der Waals surface area contributed by atoms with Crippen molar-refractivity contribution in [2.75, 3.05) is 13.1 Å². The number of carbonyl (C=O) groups is 1.